The molecule has 0 aliphatic rings. The highest BCUT2D eigenvalue weighted by Crippen LogP contribution is 2.16. The number of para-hydroxylation sites is 1. The van der Waals surface area contributed by atoms with Crippen LogP contribution in [0.4, 0.5) is 0 Å². The van der Waals surface area contributed by atoms with Gasteiger partial charge in [0.2, 0.25) is 0 Å². The fourth-order valence-electron chi connectivity index (χ4n) is 2.10. The molecule has 2 N–H and O–H groups in total. The van der Waals surface area contributed by atoms with Crippen LogP contribution in [0, 0.1) is 5.92 Å². The fourth-order valence-corrected chi connectivity index (χ4v) is 2.10. The third-order valence-corrected chi connectivity index (χ3v) is 3.00. The Hall–Kier alpha value is -2.21. The normalized spacial score (nSPS) is 12.6. The molecule has 1 atom stereocenters. The molecule has 6 nitrogen and oxygen atoms in total. The van der Waals surface area contributed by atoms with Crippen LogP contribution in [0.5, 0.6) is 0 Å². The van der Waals surface area contributed by atoms with Gasteiger partial charge in [0.15, 0.2) is 0 Å². The van der Waals surface area contributed by atoms with E-state index < -0.39 is 11.9 Å². The van der Waals surface area contributed by atoms with Crippen LogP contribution in [0.3, 0.4) is 0 Å². The van der Waals surface area contributed by atoms with Gasteiger partial charge in [-0.15, -0.1) is 0 Å². The molecule has 1 amide bonds. The van der Waals surface area contributed by atoms with Gasteiger partial charge < -0.3 is 0 Å². The van der Waals surface area contributed by atoms with E-state index in [1.54, 1.807) is 43.6 Å². The summed E-state index contributed by atoms with van der Waals surface area (Å²) in [7, 11) is 0. The molecular formula is C13H15N3O3. The Kier molecular flexibility index (Phi) is 3.62. The number of hydrogen-bond donors (Lipinski definition) is 2. The SMILES string of the molecule is CC(C)[C@@H](C(=O)NO)n1cnc2ccccc2c1=O. The maximum atomic E-state index is 12.4. The summed E-state index contributed by atoms with van der Waals surface area (Å²) in [6.45, 7) is 3.59. The number of aromatic nitrogens is 2. The van der Waals surface area contributed by atoms with Gasteiger partial charge in [0.25, 0.3) is 11.5 Å². The van der Waals surface area contributed by atoms with E-state index in [1.807, 2.05) is 0 Å². The number of nitrogens with one attached hydrogen (secondary N) is 1. The number of rotatable bonds is 3. The van der Waals surface area contributed by atoms with E-state index in [0.29, 0.717) is 10.9 Å². The molecule has 2 aromatic rings. The number of amides is 1. The first-order valence-corrected chi connectivity index (χ1v) is 5.96. The lowest BCUT2D eigenvalue weighted by Crippen LogP contribution is -2.38. The first-order valence-electron chi connectivity index (χ1n) is 5.96. The van der Waals surface area contributed by atoms with E-state index in [2.05, 4.69) is 4.98 Å². The molecule has 0 saturated heterocycles. The molecule has 0 aliphatic carbocycles. The van der Waals surface area contributed by atoms with Gasteiger partial charge >= 0.3 is 0 Å². The van der Waals surface area contributed by atoms with Crippen LogP contribution < -0.4 is 11.0 Å². The molecule has 0 fully saturated rings. The first-order chi connectivity index (χ1) is 9.06. The lowest BCUT2D eigenvalue weighted by Gasteiger charge is -2.21. The zero-order chi connectivity index (χ0) is 14.0. The molecule has 100 valence electrons. The number of carbonyl (C=O) groups excluding carboxylic acids is 1. The van der Waals surface area contributed by atoms with Crippen molar-refractivity contribution >= 4 is 16.8 Å². The van der Waals surface area contributed by atoms with E-state index in [0.717, 1.165) is 0 Å². The molecular weight excluding hydrogens is 246 g/mol. The van der Waals surface area contributed by atoms with Crippen LogP contribution in [0.2, 0.25) is 0 Å². The second-order valence-electron chi connectivity index (χ2n) is 4.64. The molecule has 2 rings (SSSR count). The molecule has 0 unspecified atom stereocenters. The van der Waals surface area contributed by atoms with Gasteiger partial charge in [-0.25, -0.2) is 10.5 Å². The molecule has 0 bridgehead atoms. The molecule has 0 saturated carbocycles. The van der Waals surface area contributed by atoms with Crippen molar-refractivity contribution in [2.45, 2.75) is 19.9 Å². The topological polar surface area (TPSA) is 84.2 Å². The van der Waals surface area contributed by atoms with E-state index >= 15 is 0 Å². The van der Waals surface area contributed by atoms with Crippen molar-refractivity contribution in [3.63, 3.8) is 0 Å². The highest BCUT2D eigenvalue weighted by atomic mass is 16.5. The standard InChI is InChI=1S/C13H15N3O3/c1-8(2)11(12(17)15-19)16-7-14-10-6-4-3-5-9(10)13(16)18/h3-8,11,19H,1-2H3,(H,15,17)/t11-/m0/s1. The number of nitrogens with zero attached hydrogens (tertiary/aromatic N) is 2. The summed E-state index contributed by atoms with van der Waals surface area (Å²) >= 11 is 0. The number of hydroxylamine groups is 1. The second-order valence-corrected chi connectivity index (χ2v) is 4.64. The third-order valence-electron chi connectivity index (χ3n) is 3.00. The summed E-state index contributed by atoms with van der Waals surface area (Å²) in [5.41, 5.74) is 1.87. The van der Waals surface area contributed by atoms with Gasteiger partial charge in [0.05, 0.1) is 17.2 Å². The number of hydrogen-bond acceptors (Lipinski definition) is 4. The smallest absolute Gasteiger partial charge is 0.266 e. The van der Waals surface area contributed by atoms with Crippen molar-refractivity contribution in [1.29, 1.82) is 0 Å². The zero-order valence-corrected chi connectivity index (χ0v) is 10.7. The number of fused-ring (bicyclic) bond motifs is 1. The van der Waals surface area contributed by atoms with Gasteiger partial charge in [-0.05, 0) is 18.1 Å². The Morgan fingerprint density at radius 3 is 2.68 bits per heavy atom. The Bertz CT molecular complexity index is 663. The predicted molar refractivity (Wildman–Crippen MR) is 69.8 cm³/mol. The minimum atomic E-state index is -0.797. The van der Waals surface area contributed by atoms with Crippen molar-refractivity contribution in [3.8, 4) is 0 Å². The molecule has 19 heavy (non-hydrogen) atoms. The van der Waals surface area contributed by atoms with Gasteiger partial charge in [0, 0.05) is 0 Å². The van der Waals surface area contributed by atoms with Gasteiger partial charge in [-0.2, -0.15) is 0 Å². The Morgan fingerprint density at radius 2 is 2.05 bits per heavy atom. The van der Waals surface area contributed by atoms with Crippen molar-refractivity contribution in [2.24, 2.45) is 5.92 Å². The summed E-state index contributed by atoms with van der Waals surface area (Å²) in [4.78, 5) is 28.2. The lowest BCUT2D eigenvalue weighted by molar-refractivity contribution is -0.134. The summed E-state index contributed by atoms with van der Waals surface area (Å²) in [5.74, 6) is -0.790. The van der Waals surface area contributed by atoms with Crippen LogP contribution in [-0.4, -0.2) is 20.7 Å². The van der Waals surface area contributed by atoms with E-state index in [9.17, 15) is 9.59 Å². The largest absolute Gasteiger partial charge is 0.289 e. The lowest BCUT2D eigenvalue weighted by atomic mass is 10.0. The average Bonchev–Trinajstić information content (AvgIpc) is 2.41. The summed E-state index contributed by atoms with van der Waals surface area (Å²) in [6, 6.07) is 6.13. The monoisotopic (exact) mass is 261 g/mol. The highest BCUT2D eigenvalue weighted by molar-refractivity contribution is 5.81. The molecule has 1 aromatic heterocycles. The van der Waals surface area contributed by atoms with Crippen molar-refractivity contribution in [3.05, 3.63) is 40.9 Å². The average molecular weight is 261 g/mol. The minimum Gasteiger partial charge on any atom is -0.289 e. The van der Waals surface area contributed by atoms with Crippen LogP contribution >= 0.6 is 0 Å². The van der Waals surface area contributed by atoms with E-state index in [-0.39, 0.29) is 11.5 Å². The molecule has 6 heteroatoms. The summed E-state index contributed by atoms with van der Waals surface area (Å²) < 4.78 is 1.25. The maximum Gasteiger partial charge on any atom is 0.266 e. The quantitative estimate of drug-likeness (QED) is 0.640. The van der Waals surface area contributed by atoms with Crippen LogP contribution in [0.25, 0.3) is 10.9 Å². The predicted octanol–water partition coefficient (Wildman–Crippen LogP) is 1.10. The van der Waals surface area contributed by atoms with E-state index in [1.165, 1.54) is 10.9 Å². The van der Waals surface area contributed by atoms with Gasteiger partial charge in [0.1, 0.15) is 6.04 Å². The Balaban J connectivity index is 2.64. The van der Waals surface area contributed by atoms with E-state index in [4.69, 9.17) is 5.21 Å². The highest BCUT2D eigenvalue weighted by Gasteiger charge is 2.25. The van der Waals surface area contributed by atoms with Crippen molar-refractivity contribution in [1.82, 2.24) is 15.0 Å². The third kappa shape index (κ3) is 2.34. The van der Waals surface area contributed by atoms with Crippen LogP contribution in [-0.2, 0) is 4.79 Å². The fraction of sp³-hybridized carbons (Fsp3) is 0.308. The molecule has 0 spiro atoms. The summed E-state index contributed by atoms with van der Waals surface area (Å²) in [6.07, 6.45) is 1.34. The number of carbonyl (C=O) groups is 1. The van der Waals surface area contributed by atoms with Crippen molar-refractivity contribution < 1.29 is 10.0 Å². The van der Waals surface area contributed by atoms with Crippen LogP contribution in [0.1, 0.15) is 19.9 Å². The minimum absolute atomic E-state index is 0.159. The summed E-state index contributed by atoms with van der Waals surface area (Å²) in [5, 5.41) is 9.23. The molecule has 1 heterocycles. The first kappa shape index (κ1) is 13.2. The molecule has 1 aromatic carbocycles. The Labute approximate surface area is 109 Å². The maximum absolute atomic E-state index is 12.4. The van der Waals surface area contributed by atoms with Gasteiger partial charge in [-0.1, -0.05) is 26.0 Å². The van der Waals surface area contributed by atoms with Crippen molar-refractivity contribution in [2.75, 3.05) is 0 Å². The molecule has 0 radical (unpaired) electrons. The molecule has 0 aliphatic heterocycles. The van der Waals surface area contributed by atoms with Crippen LogP contribution in [0.15, 0.2) is 35.4 Å². The van der Waals surface area contributed by atoms with Gasteiger partial charge in [-0.3, -0.25) is 19.4 Å². The zero-order valence-electron chi connectivity index (χ0n) is 10.7. The Morgan fingerprint density at radius 1 is 1.37 bits per heavy atom. The number of benzene rings is 1. The second kappa shape index (κ2) is 5.19.